The van der Waals surface area contributed by atoms with E-state index in [1.165, 1.54) is 0 Å². The molecule has 1 aromatic carbocycles. The van der Waals surface area contributed by atoms with E-state index in [1.807, 2.05) is 30.3 Å². The molecule has 0 aliphatic heterocycles. The van der Waals surface area contributed by atoms with Gasteiger partial charge in [0.15, 0.2) is 0 Å². The second-order valence-electron chi connectivity index (χ2n) is 3.76. The summed E-state index contributed by atoms with van der Waals surface area (Å²) in [4.78, 5) is 0. The van der Waals surface area contributed by atoms with Crippen LogP contribution in [-0.4, -0.2) is 11.2 Å². The summed E-state index contributed by atoms with van der Waals surface area (Å²) in [7, 11) is 0. The molecule has 3 heteroatoms. The van der Waals surface area contributed by atoms with E-state index in [4.69, 9.17) is 4.52 Å². The van der Waals surface area contributed by atoms with Crippen molar-refractivity contribution in [2.75, 3.05) is 5.32 Å². The monoisotopic (exact) mass is 202 g/mol. The van der Waals surface area contributed by atoms with E-state index in [0.717, 1.165) is 16.9 Å². The fourth-order valence-electron chi connectivity index (χ4n) is 1.43. The topological polar surface area (TPSA) is 38.1 Å². The molecule has 78 valence electrons. The van der Waals surface area contributed by atoms with Gasteiger partial charge in [-0.2, -0.15) is 0 Å². The van der Waals surface area contributed by atoms with E-state index in [9.17, 15) is 0 Å². The van der Waals surface area contributed by atoms with E-state index >= 15 is 0 Å². The summed E-state index contributed by atoms with van der Waals surface area (Å²) in [5.74, 6) is 0. The fraction of sp³-hybridized carbons (Fsp3) is 0.250. The molecule has 0 aliphatic carbocycles. The maximum absolute atomic E-state index is 4.80. The molecule has 3 nitrogen and oxygen atoms in total. The number of nitrogens with one attached hydrogen (secondary N) is 1. The summed E-state index contributed by atoms with van der Waals surface area (Å²) in [5, 5.41) is 7.22. The van der Waals surface area contributed by atoms with Gasteiger partial charge < -0.3 is 9.84 Å². The van der Waals surface area contributed by atoms with E-state index in [1.54, 1.807) is 6.26 Å². The third-order valence-corrected chi connectivity index (χ3v) is 2.07. The number of rotatable bonds is 3. The first-order chi connectivity index (χ1) is 7.25. The molecule has 0 saturated carbocycles. The molecule has 0 fully saturated rings. The molecule has 0 spiro atoms. The van der Waals surface area contributed by atoms with Gasteiger partial charge in [-0.1, -0.05) is 17.3 Å². The molecule has 0 atom stereocenters. The van der Waals surface area contributed by atoms with Crippen LogP contribution in [0.1, 0.15) is 13.8 Å². The highest BCUT2D eigenvalue weighted by molar-refractivity contribution is 5.61. The van der Waals surface area contributed by atoms with Gasteiger partial charge in [0.25, 0.3) is 0 Å². The second-order valence-corrected chi connectivity index (χ2v) is 3.76. The van der Waals surface area contributed by atoms with Gasteiger partial charge in [0.1, 0.15) is 12.0 Å². The lowest BCUT2D eigenvalue weighted by atomic mass is 10.1. The van der Waals surface area contributed by atoms with Crippen LogP contribution < -0.4 is 5.32 Å². The molecule has 1 aromatic heterocycles. The highest BCUT2D eigenvalue weighted by Crippen LogP contribution is 2.19. The summed E-state index contributed by atoms with van der Waals surface area (Å²) >= 11 is 0. The Kier molecular flexibility index (Phi) is 2.72. The zero-order chi connectivity index (χ0) is 10.7. The number of hydrogen-bond acceptors (Lipinski definition) is 3. The maximum atomic E-state index is 4.80. The summed E-state index contributed by atoms with van der Waals surface area (Å²) in [6.07, 6.45) is 1.58. The molecule has 0 unspecified atom stereocenters. The molecule has 0 aliphatic rings. The zero-order valence-corrected chi connectivity index (χ0v) is 8.90. The molecular weight excluding hydrogens is 188 g/mol. The van der Waals surface area contributed by atoms with E-state index in [2.05, 4.69) is 24.3 Å². The van der Waals surface area contributed by atoms with E-state index in [-0.39, 0.29) is 0 Å². The van der Waals surface area contributed by atoms with E-state index < -0.39 is 0 Å². The van der Waals surface area contributed by atoms with Crippen molar-refractivity contribution in [1.29, 1.82) is 0 Å². The van der Waals surface area contributed by atoms with Gasteiger partial charge in [0, 0.05) is 23.4 Å². The predicted molar refractivity (Wildman–Crippen MR) is 60.7 cm³/mol. The van der Waals surface area contributed by atoms with Crippen molar-refractivity contribution >= 4 is 5.69 Å². The third-order valence-electron chi connectivity index (χ3n) is 2.07. The first-order valence-corrected chi connectivity index (χ1v) is 5.03. The van der Waals surface area contributed by atoms with Crippen molar-refractivity contribution in [2.45, 2.75) is 19.9 Å². The number of nitrogens with zero attached hydrogens (tertiary/aromatic N) is 1. The quantitative estimate of drug-likeness (QED) is 0.830. The molecule has 0 saturated heterocycles. The van der Waals surface area contributed by atoms with Crippen molar-refractivity contribution in [3.8, 4) is 11.3 Å². The van der Waals surface area contributed by atoms with E-state index in [0.29, 0.717) is 6.04 Å². The summed E-state index contributed by atoms with van der Waals surface area (Å²) < 4.78 is 4.80. The van der Waals surface area contributed by atoms with Gasteiger partial charge in [0.05, 0.1) is 0 Å². The molecular formula is C12H14N2O. The smallest absolute Gasteiger partial charge is 0.124 e. The Morgan fingerprint density at radius 1 is 1.13 bits per heavy atom. The van der Waals surface area contributed by atoms with Crippen LogP contribution in [0.5, 0.6) is 0 Å². The normalized spacial score (nSPS) is 10.6. The van der Waals surface area contributed by atoms with Gasteiger partial charge in [0.2, 0.25) is 0 Å². The lowest BCUT2D eigenvalue weighted by molar-refractivity contribution is 0.422. The number of hydrogen-bond donors (Lipinski definition) is 1. The van der Waals surface area contributed by atoms with Crippen molar-refractivity contribution in [1.82, 2.24) is 5.16 Å². The Labute approximate surface area is 89.1 Å². The Bertz CT molecular complexity index is 404. The first kappa shape index (κ1) is 9.77. The summed E-state index contributed by atoms with van der Waals surface area (Å²) in [6, 6.07) is 10.5. The minimum Gasteiger partial charge on any atom is -0.383 e. The van der Waals surface area contributed by atoms with Gasteiger partial charge >= 0.3 is 0 Å². The largest absolute Gasteiger partial charge is 0.383 e. The molecule has 1 N–H and O–H groups in total. The van der Waals surface area contributed by atoms with Crippen LogP contribution in [0.25, 0.3) is 11.3 Å². The van der Waals surface area contributed by atoms with Gasteiger partial charge in [-0.25, -0.2) is 0 Å². The molecule has 2 rings (SSSR count). The van der Waals surface area contributed by atoms with Crippen molar-refractivity contribution in [3.05, 3.63) is 36.6 Å². The van der Waals surface area contributed by atoms with Gasteiger partial charge in [-0.3, -0.25) is 0 Å². The number of benzene rings is 1. The zero-order valence-electron chi connectivity index (χ0n) is 8.90. The Morgan fingerprint density at radius 3 is 2.40 bits per heavy atom. The first-order valence-electron chi connectivity index (χ1n) is 5.03. The Hall–Kier alpha value is -1.77. The number of anilines is 1. The Balaban J connectivity index is 2.17. The average Bonchev–Trinajstić information content (AvgIpc) is 2.71. The van der Waals surface area contributed by atoms with Crippen molar-refractivity contribution in [3.63, 3.8) is 0 Å². The predicted octanol–water partition coefficient (Wildman–Crippen LogP) is 3.16. The summed E-state index contributed by atoms with van der Waals surface area (Å²) in [5.41, 5.74) is 3.06. The average molecular weight is 202 g/mol. The molecule has 0 radical (unpaired) electrons. The third kappa shape index (κ3) is 2.37. The maximum Gasteiger partial charge on any atom is 0.124 e. The van der Waals surface area contributed by atoms with Crippen LogP contribution in [0.4, 0.5) is 5.69 Å². The fourth-order valence-corrected chi connectivity index (χ4v) is 1.43. The molecule has 15 heavy (non-hydrogen) atoms. The van der Waals surface area contributed by atoms with Gasteiger partial charge in [-0.05, 0) is 26.0 Å². The lowest BCUT2D eigenvalue weighted by Crippen LogP contribution is -2.09. The molecule has 0 amide bonds. The van der Waals surface area contributed by atoms with Crippen LogP contribution in [0.3, 0.4) is 0 Å². The second kappa shape index (κ2) is 4.17. The van der Waals surface area contributed by atoms with Crippen LogP contribution in [0.15, 0.2) is 41.1 Å². The van der Waals surface area contributed by atoms with Crippen molar-refractivity contribution in [2.24, 2.45) is 0 Å². The minimum atomic E-state index is 0.447. The molecule has 0 bridgehead atoms. The Morgan fingerprint density at radius 2 is 1.87 bits per heavy atom. The number of aromatic nitrogens is 1. The van der Waals surface area contributed by atoms with Crippen LogP contribution in [-0.2, 0) is 0 Å². The van der Waals surface area contributed by atoms with Crippen LogP contribution in [0.2, 0.25) is 0 Å². The van der Waals surface area contributed by atoms with Gasteiger partial charge in [-0.15, -0.1) is 0 Å². The lowest BCUT2D eigenvalue weighted by Gasteiger charge is -2.09. The van der Waals surface area contributed by atoms with Crippen LogP contribution >= 0.6 is 0 Å². The summed E-state index contributed by atoms with van der Waals surface area (Å²) in [6.45, 7) is 4.23. The van der Waals surface area contributed by atoms with Crippen molar-refractivity contribution < 1.29 is 4.52 Å². The highest BCUT2D eigenvalue weighted by atomic mass is 16.5. The minimum absolute atomic E-state index is 0.447. The SMILES string of the molecule is CC(C)Nc1ccc(-c2ccon2)cc1. The molecule has 1 heterocycles. The van der Waals surface area contributed by atoms with Crippen LogP contribution in [0, 0.1) is 0 Å². The highest BCUT2D eigenvalue weighted by Gasteiger charge is 2.01. The molecule has 2 aromatic rings. The standard InChI is InChI=1S/C12H14N2O/c1-9(2)13-11-5-3-10(4-6-11)12-7-8-15-14-12/h3-9,13H,1-2H3.